The predicted molar refractivity (Wildman–Crippen MR) is 126 cm³/mol. The Hall–Kier alpha value is -3.86. The van der Waals surface area contributed by atoms with Gasteiger partial charge in [0.25, 0.3) is 5.91 Å². The third-order valence-corrected chi connectivity index (χ3v) is 5.70. The van der Waals surface area contributed by atoms with Crippen LogP contribution >= 0.6 is 0 Å². The molecule has 0 fully saturated rings. The van der Waals surface area contributed by atoms with Gasteiger partial charge in [0.2, 0.25) is 5.88 Å². The number of carbonyl (C=O) groups is 1. The first-order valence-electron chi connectivity index (χ1n) is 11.1. The van der Waals surface area contributed by atoms with Crippen molar-refractivity contribution in [2.75, 3.05) is 0 Å². The molecule has 2 atom stereocenters. The van der Waals surface area contributed by atoms with Gasteiger partial charge in [-0.25, -0.2) is 4.98 Å². The number of hydrogen-bond acceptors (Lipinski definition) is 4. The first-order chi connectivity index (χ1) is 16.5. The molecule has 35 heavy (non-hydrogen) atoms. The van der Waals surface area contributed by atoms with E-state index in [1.165, 1.54) is 13.8 Å². The van der Waals surface area contributed by atoms with Crippen LogP contribution in [0.4, 0.5) is 13.2 Å². The fourth-order valence-electron chi connectivity index (χ4n) is 3.65. The van der Waals surface area contributed by atoms with Crippen LogP contribution in [0.1, 0.15) is 48.9 Å². The van der Waals surface area contributed by atoms with Gasteiger partial charge in [-0.15, -0.1) is 0 Å². The molecule has 0 aliphatic rings. The summed E-state index contributed by atoms with van der Waals surface area (Å²) < 4.78 is 44.0. The van der Waals surface area contributed by atoms with Crippen LogP contribution in [-0.2, 0) is 17.4 Å². The molecule has 0 bridgehead atoms. The summed E-state index contributed by atoms with van der Waals surface area (Å²) in [4.78, 5) is 16.8. The summed E-state index contributed by atoms with van der Waals surface area (Å²) in [5.41, 5.74) is 0.351. The van der Waals surface area contributed by atoms with Crippen LogP contribution < -0.4 is 10.1 Å². The quantitative estimate of drug-likeness (QED) is 0.451. The van der Waals surface area contributed by atoms with Crippen LogP contribution in [0.2, 0.25) is 0 Å². The van der Waals surface area contributed by atoms with Crippen molar-refractivity contribution in [3.05, 3.63) is 95.2 Å². The predicted octanol–water partition coefficient (Wildman–Crippen LogP) is 5.66. The van der Waals surface area contributed by atoms with Crippen molar-refractivity contribution in [1.29, 1.82) is 5.26 Å². The van der Waals surface area contributed by atoms with Crippen LogP contribution in [-0.4, -0.2) is 22.5 Å². The lowest BCUT2D eigenvalue weighted by Gasteiger charge is -2.30. The Morgan fingerprint density at radius 2 is 1.71 bits per heavy atom. The van der Waals surface area contributed by atoms with Gasteiger partial charge >= 0.3 is 6.18 Å². The molecular formula is C27H26F3N3O2. The van der Waals surface area contributed by atoms with Gasteiger partial charge in [0.15, 0.2) is 5.60 Å². The second-order valence-corrected chi connectivity index (χ2v) is 8.79. The van der Waals surface area contributed by atoms with Gasteiger partial charge in [-0.3, -0.25) is 4.79 Å². The molecule has 1 amide bonds. The van der Waals surface area contributed by atoms with E-state index in [2.05, 4.69) is 16.4 Å². The Balaban J connectivity index is 1.74. The molecule has 3 rings (SSSR count). The van der Waals surface area contributed by atoms with E-state index >= 15 is 0 Å². The SMILES string of the molecule is CC(NC(=O)C(C)(C)Oc1ccc(C(F)(F)F)cn1)C(Cc1ccc(C#N)cc1)c1ccccc1. The second-order valence-electron chi connectivity index (χ2n) is 8.79. The van der Waals surface area contributed by atoms with E-state index in [-0.39, 0.29) is 17.8 Å². The smallest absolute Gasteiger partial charge is 0.417 e. The number of carbonyl (C=O) groups excluding carboxylic acids is 1. The van der Waals surface area contributed by atoms with Gasteiger partial charge in [0.1, 0.15) is 0 Å². The number of halogens is 3. The zero-order valence-corrected chi connectivity index (χ0v) is 19.6. The minimum absolute atomic E-state index is 0.0759. The van der Waals surface area contributed by atoms with E-state index in [1.807, 2.05) is 49.4 Å². The van der Waals surface area contributed by atoms with Gasteiger partial charge in [0.05, 0.1) is 17.2 Å². The van der Waals surface area contributed by atoms with E-state index in [0.29, 0.717) is 18.2 Å². The Labute approximate surface area is 202 Å². The summed E-state index contributed by atoms with van der Waals surface area (Å²) >= 11 is 0. The molecule has 0 spiro atoms. The summed E-state index contributed by atoms with van der Waals surface area (Å²) in [6.45, 7) is 4.96. The minimum atomic E-state index is -4.50. The van der Waals surface area contributed by atoms with Crippen molar-refractivity contribution in [2.45, 2.75) is 50.9 Å². The Bertz CT molecular complexity index is 1170. The second kappa shape index (κ2) is 10.6. The average Bonchev–Trinajstić information content (AvgIpc) is 2.83. The molecule has 0 radical (unpaired) electrons. The van der Waals surface area contributed by atoms with Crippen molar-refractivity contribution in [2.24, 2.45) is 0 Å². The van der Waals surface area contributed by atoms with Crippen molar-refractivity contribution in [3.8, 4) is 11.9 Å². The molecule has 8 heteroatoms. The highest BCUT2D eigenvalue weighted by Gasteiger charge is 2.34. The number of nitrogens with zero attached hydrogens (tertiary/aromatic N) is 2. The number of ether oxygens (including phenoxy) is 1. The van der Waals surface area contributed by atoms with Crippen molar-refractivity contribution >= 4 is 5.91 Å². The summed E-state index contributed by atoms with van der Waals surface area (Å²) in [6.07, 6.45) is -3.21. The summed E-state index contributed by atoms with van der Waals surface area (Å²) in [6, 6.07) is 20.8. The fourth-order valence-corrected chi connectivity index (χ4v) is 3.65. The van der Waals surface area contributed by atoms with Crippen LogP contribution in [0.3, 0.4) is 0 Å². The standard InChI is InChI=1S/C27H26F3N3O2/c1-18(23(21-7-5-4-6-8-21)15-19-9-11-20(16-31)12-10-19)33-25(34)26(2,3)35-24-14-13-22(17-32-24)27(28,29)30/h4-14,17-18,23H,15H2,1-3H3,(H,33,34). The topological polar surface area (TPSA) is 75.0 Å². The molecule has 0 aliphatic carbocycles. The lowest BCUT2D eigenvalue weighted by Crippen LogP contribution is -2.51. The monoisotopic (exact) mass is 481 g/mol. The molecule has 1 heterocycles. The number of pyridine rings is 1. The molecule has 1 N–H and O–H groups in total. The van der Waals surface area contributed by atoms with Crippen LogP contribution in [0.25, 0.3) is 0 Å². The molecule has 182 valence electrons. The van der Waals surface area contributed by atoms with Crippen LogP contribution in [0.15, 0.2) is 72.9 Å². The zero-order chi connectivity index (χ0) is 25.6. The molecule has 2 aromatic carbocycles. The molecule has 0 saturated heterocycles. The van der Waals surface area contributed by atoms with Crippen LogP contribution in [0.5, 0.6) is 5.88 Å². The summed E-state index contributed by atoms with van der Waals surface area (Å²) in [5.74, 6) is -0.580. The van der Waals surface area contributed by atoms with Crippen molar-refractivity contribution < 1.29 is 22.7 Å². The maximum absolute atomic E-state index is 13.1. The highest BCUT2D eigenvalue weighted by atomic mass is 19.4. The maximum Gasteiger partial charge on any atom is 0.417 e. The van der Waals surface area contributed by atoms with Gasteiger partial charge in [0, 0.05) is 24.2 Å². The molecule has 1 aromatic heterocycles. The maximum atomic E-state index is 13.1. The third-order valence-electron chi connectivity index (χ3n) is 5.70. The molecule has 2 unspecified atom stereocenters. The van der Waals surface area contributed by atoms with E-state index in [0.717, 1.165) is 23.3 Å². The highest BCUT2D eigenvalue weighted by molar-refractivity contribution is 5.85. The third kappa shape index (κ3) is 6.82. The number of amides is 1. The first-order valence-corrected chi connectivity index (χ1v) is 11.1. The lowest BCUT2D eigenvalue weighted by atomic mass is 9.86. The average molecular weight is 482 g/mol. The Morgan fingerprint density at radius 3 is 2.26 bits per heavy atom. The van der Waals surface area contributed by atoms with Gasteiger partial charge in [-0.05, 0) is 56.5 Å². The summed E-state index contributed by atoms with van der Waals surface area (Å²) in [5, 5.41) is 12.0. The lowest BCUT2D eigenvalue weighted by molar-refractivity contribution is -0.138. The molecule has 3 aromatic rings. The molecular weight excluding hydrogens is 455 g/mol. The largest absolute Gasteiger partial charge is 0.462 e. The Morgan fingerprint density at radius 1 is 1.06 bits per heavy atom. The molecule has 0 saturated carbocycles. The normalized spacial score (nSPS) is 13.4. The van der Waals surface area contributed by atoms with Gasteiger partial charge < -0.3 is 10.1 Å². The Kier molecular flexibility index (Phi) is 7.80. The van der Waals surface area contributed by atoms with E-state index < -0.39 is 23.2 Å². The number of hydrogen-bond donors (Lipinski definition) is 1. The molecule has 0 aliphatic heterocycles. The van der Waals surface area contributed by atoms with Crippen LogP contribution in [0, 0.1) is 11.3 Å². The van der Waals surface area contributed by atoms with Crippen molar-refractivity contribution in [3.63, 3.8) is 0 Å². The van der Waals surface area contributed by atoms with Crippen molar-refractivity contribution in [1.82, 2.24) is 10.3 Å². The summed E-state index contributed by atoms with van der Waals surface area (Å²) in [7, 11) is 0. The molecule has 5 nitrogen and oxygen atoms in total. The number of nitriles is 1. The first kappa shape index (κ1) is 25.8. The van der Waals surface area contributed by atoms with E-state index in [4.69, 9.17) is 10.00 Å². The van der Waals surface area contributed by atoms with E-state index in [9.17, 15) is 18.0 Å². The van der Waals surface area contributed by atoms with E-state index in [1.54, 1.807) is 12.1 Å². The zero-order valence-electron chi connectivity index (χ0n) is 19.6. The number of rotatable bonds is 8. The van der Waals surface area contributed by atoms with Gasteiger partial charge in [-0.1, -0.05) is 42.5 Å². The fraction of sp³-hybridized carbons (Fsp3) is 0.296. The van der Waals surface area contributed by atoms with Gasteiger partial charge in [-0.2, -0.15) is 18.4 Å². The number of aromatic nitrogens is 1. The number of alkyl halides is 3. The number of benzene rings is 2. The minimum Gasteiger partial charge on any atom is -0.462 e. The highest BCUT2D eigenvalue weighted by Crippen LogP contribution is 2.30. The number of nitrogens with one attached hydrogen (secondary N) is 1.